The van der Waals surface area contributed by atoms with Crippen LogP contribution in [-0.4, -0.2) is 26.7 Å². The van der Waals surface area contributed by atoms with Gasteiger partial charge < -0.3 is 10.6 Å². The van der Waals surface area contributed by atoms with E-state index in [2.05, 4.69) is 41.8 Å². The fourth-order valence-corrected chi connectivity index (χ4v) is 2.72. The van der Waals surface area contributed by atoms with Crippen molar-refractivity contribution in [3.05, 3.63) is 35.4 Å². The van der Waals surface area contributed by atoms with E-state index in [-0.39, 0.29) is 0 Å². The third kappa shape index (κ3) is 3.08. The van der Waals surface area contributed by atoms with Crippen LogP contribution in [0.5, 0.6) is 0 Å². The van der Waals surface area contributed by atoms with Gasteiger partial charge in [0.05, 0.1) is 0 Å². The lowest BCUT2D eigenvalue weighted by Crippen LogP contribution is -2.16. The molecule has 1 aliphatic heterocycles. The molecular weight excluding hydrogens is 208 g/mol. The van der Waals surface area contributed by atoms with Crippen LogP contribution in [0.2, 0.25) is 0 Å². The SMILES string of the molecule is CCC(CNC)c1ccc(C2CCNC2)cc1. The zero-order chi connectivity index (χ0) is 12.1. The second-order valence-electron chi connectivity index (χ2n) is 5.02. The van der Waals surface area contributed by atoms with Crippen LogP contribution in [0.15, 0.2) is 24.3 Å². The van der Waals surface area contributed by atoms with E-state index in [0.717, 1.165) is 19.0 Å². The van der Waals surface area contributed by atoms with Crippen molar-refractivity contribution in [2.45, 2.75) is 31.6 Å². The molecule has 0 amide bonds. The van der Waals surface area contributed by atoms with Crippen molar-refractivity contribution >= 4 is 0 Å². The zero-order valence-corrected chi connectivity index (χ0v) is 11.0. The van der Waals surface area contributed by atoms with E-state index in [0.29, 0.717) is 5.92 Å². The summed E-state index contributed by atoms with van der Waals surface area (Å²) in [4.78, 5) is 0. The van der Waals surface area contributed by atoms with Crippen molar-refractivity contribution in [1.82, 2.24) is 10.6 Å². The summed E-state index contributed by atoms with van der Waals surface area (Å²) in [5, 5.41) is 6.71. The van der Waals surface area contributed by atoms with Crippen LogP contribution in [0, 0.1) is 0 Å². The van der Waals surface area contributed by atoms with Gasteiger partial charge in [-0.25, -0.2) is 0 Å². The number of nitrogens with one attached hydrogen (secondary N) is 2. The molecule has 0 aliphatic carbocycles. The molecule has 1 aromatic carbocycles. The standard InChI is InChI=1S/C15H24N2/c1-3-12(10-16-2)13-4-6-14(7-5-13)15-8-9-17-11-15/h4-7,12,15-17H,3,8-11H2,1-2H3. The van der Waals surface area contributed by atoms with Gasteiger partial charge in [0, 0.05) is 13.1 Å². The fourth-order valence-electron chi connectivity index (χ4n) is 2.72. The van der Waals surface area contributed by atoms with Crippen molar-refractivity contribution in [3.63, 3.8) is 0 Å². The monoisotopic (exact) mass is 232 g/mol. The maximum absolute atomic E-state index is 3.43. The van der Waals surface area contributed by atoms with Gasteiger partial charge in [0.2, 0.25) is 0 Å². The molecule has 1 heterocycles. The smallest absolute Gasteiger partial charge is 0.00206 e. The molecule has 2 nitrogen and oxygen atoms in total. The fraction of sp³-hybridized carbons (Fsp3) is 0.600. The van der Waals surface area contributed by atoms with Crippen LogP contribution < -0.4 is 10.6 Å². The molecule has 2 N–H and O–H groups in total. The molecule has 0 aromatic heterocycles. The molecule has 2 rings (SSSR count). The molecule has 1 fully saturated rings. The third-order valence-corrected chi connectivity index (χ3v) is 3.88. The maximum Gasteiger partial charge on any atom is 0.00206 e. The normalized spacial score (nSPS) is 21.6. The highest BCUT2D eigenvalue weighted by molar-refractivity contribution is 5.28. The molecule has 0 saturated carbocycles. The summed E-state index contributed by atoms with van der Waals surface area (Å²) in [6, 6.07) is 9.29. The van der Waals surface area contributed by atoms with Gasteiger partial charge in [-0.3, -0.25) is 0 Å². The largest absolute Gasteiger partial charge is 0.319 e. The molecule has 2 atom stereocenters. The molecule has 1 aliphatic rings. The van der Waals surface area contributed by atoms with Gasteiger partial charge in [-0.1, -0.05) is 31.2 Å². The summed E-state index contributed by atoms with van der Waals surface area (Å²) in [5.41, 5.74) is 2.97. The van der Waals surface area contributed by atoms with Crippen LogP contribution in [0.1, 0.15) is 42.7 Å². The lowest BCUT2D eigenvalue weighted by atomic mass is 9.92. The first kappa shape index (κ1) is 12.6. The average molecular weight is 232 g/mol. The Morgan fingerprint density at radius 1 is 1.35 bits per heavy atom. The average Bonchev–Trinajstić information content (AvgIpc) is 2.90. The Bertz CT molecular complexity index is 325. The Labute approximate surface area is 105 Å². The van der Waals surface area contributed by atoms with Crippen LogP contribution in [0.3, 0.4) is 0 Å². The van der Waals surface area contributed by atoms with Crippen LogP contribution in [0.4, 0.5) is 0 Å². The van der Waals surface area contributed by atoms with Crippen LogP contribution in [-0.2, 0) is 0 Å². The minimum Gasteiger partial charge on any atom is -0.319 e. The number of hydrogen-bond donors (Lipinski definition) is 2. The highest BCUT2D eigenvalue weighted by Crippen LogP contribution is 2.25. The Morgan fingerprint density at radius 2 is 2.12 bits per heavy atom. The Morgan fingerprint density at radius 3 is 2.65 bits per heavy atom. The summed E-state index contributed by atoms with van der Waals surface area (Å²) in [6.45, 7) is 5.65. The highest BCUT2D eigenvalue weighted by Gasteiger charge is 2.16. The first-order valence-electron chi connectivity index (χ1n) is 6.80. The predicted molar refractivity (Wildman–Crippen MR) is 73.6 cm³/mol. The molecule has 2 heteroatoms. The summed E-state index contributed by atoms with van der Waals surface area (Å²) in [5.74, 6) is 1.38. The van der Waals surface area contributed by atoms with Gasteiger partial charge >= 0.3 is 0 Å². The number of likely N-dealkylation sites (N-methyl/N-ethyl adjacent to an activating group) is 1. The van der Waals surface area contributed by atoms with Crippen molar-refractivity contribution in [2.75, 3.05) is 26.7 Å². The van der Waals surface area contributed by atoms with Gasteiger partial charge in [0.25, 0.3) is 0 Å². The first-order valence-corrected chi connectivity index (χ1v) is 6.80. The molecular formula is C15H24N2. The first-order chi connectivity index (χ1) is 8.35. The van der Waals surface area contributed by atoms with Crippen LogP contribution in [0.25, 0.3) is 0 Å². The molecule has 17 heavy (non-hydrogen) atoms. The predicted octanol–water partition coefficient (Wildman–Crippen LogP) is 2.48. The summed E-state index contributed by atoms with van der Waals surface area (Å²) >= 11 is 0. The van der Waals surface area contributed by atoms with Gasteiger partial charge in [-0.2, -0.15) is 0 Å². The summed E-state index contributed by atoms with van der Waals surface area (Å²) in [7, 11) is 2.03. The lowest BCUT2D eigenvalue weighted by molar-refractivity contribution is 0.611. The van der Waals surface area contributed by atoms with Gasteiger partial charge in [0.1, 0.15) is 0 Å². The van der Waals surface area contributed by atoms with Gasteiger partial charge in [0.15, 0.2) is 0 Å². The Balaban J connectivity index is 2.05. The highest BCUT2D eigenvalue weighted by atomic mass is 14.9. The van der Waals surface area contributed by atoms with Gasteiger partial charge in [-0.05, 0) is 49.4 Å². The van der Waals surface area contributed by atoms with Crippen LogP contribution >= 0.6 is 0 Å². The number of benzene rings is 1. The lowest BCUT2D eigenvalue weighted by Gasteiger charge is -2.16. The van der Waals surface area contributed by atoms with Crippen molar-refractivity contribution in [1.29, 1.82) is 0 Å². The third-order valence-electron chi connectivity index (χ3n) is 3.88. The number of hydrogen-bond acceptors (Lipinski definition) is 2. The molecule has 1 saturated heterocycles. The Hall–Kier alpha value is -0.860. The van der Waals surface area contributed by atoms with E-state index >= 15 is 0 Å². The molecule has 0 spiro atoms. The molecule has 0 bridgehead atoms. The minimum atomic E-state index is 0.649. The zero-order valence-electron chi connectivity index (χ0n) is 11.0. The van der Waals surface area contributed by atoms with E-state index in [1.54, 1.807) is 0 Å². The molecule has 2 unspecified atom stereocenters. The molecule has 1 aromatic rings. The second kappa shape index (κ2) is 6.18. The van der Waals surface area contributed by atoms with Crippen molar-refractivity contribution in [2.24, 2.45) is 0 Å². The van der Waals surface area contributed by atoms with Gasteiger partial charge in [-0.15, -0.1) is 0 Å². The van der Waals surface area contributed by atoms with E-state index in [1.807, 2.05) is 7.05 Å². The van der Waals surface area contributed by atoms with E-state index < -0.39 is 0 Å². The number of rotatable bonds is 5. The van der Waals surface area contributed by atoms with E-state index in [9.17, 15) is 0 Å². The molecule has 94 valence electrons. The van der Waals surface area contributed by atoms with Crippen molar-refractivity contribution < 1.29 is 0 Å². The topological polar surface area (TPSA) is 24.1 Å². The molecule has 0 radical (unpaired) electrons. The summed E-state index contributed by atoms with van der Waals surface area (Å²) < 4.78 is 0. The second-order valence-corrected chi connectivity index (χ2v) is 5.02. The van der Waals surface area contributed by atoms with E-state index in [1.165, 1.54) is 30.5 Å². The summed E-state index contributed by atoms with van der Waals surface area (Å²) in [6.07, 6.45) is 2.48. The maximum atomic E-state index is 3.43. The van der Waals surface area contributed by atoms with Crippen molar-refractivity contribution in [3.8, 4) is 0 Å². The Kier molecular flexibility index (Phi) is 4.57. The van der Waals surface area contributed by atoms with E-state index in [4.69, 9.17) is 0 Å². The minimum absolute atomic E-state index is 0.649. The quantitative estimate of drug-likeness (QED) is 0.815.